The first-order valence-electron chi connectivity index (χ1n) is 10.9. The zero-order valence-corrected chi connectivity index (χ0v) is 20.3. The number of nitrogens with two attached hydrogens (primary N) is 1. The highest BCUT2D eigenvalue weighted by Crippen LogP contribution is 2.28. The average molecular weight is 486 g/mol. The van der Waals surface area contributed by atoms with Gasteiger partial charge in [-0.3, -0.25) is 4.98 Å². The van der Waals surface area contributed by atoms with E-state index in [0.29, 0.717) is 11.3 Å². The quantitative estimate of drug-likeness (QED) is 0.339. The van der Waals surface area contributed by atoms with Crippen molar-refractivity contribution in [1.29, 1.82) is 0 Å². The third-order valence-corrected chi connectivity index (χ3v) is 7.17. The zero-order chi connectivity index (χ0) is 23.4. The van der Waals surface area contributed by atoms with Gasteiger partial charge < -0.3 is 9.13 Å². The molecule has 1 aromatic carbocycles. The molecule has 33 heavy (non-hydrogen) atoms. The van der Waals surface area contributed by atoms with Crippen LogP contribution in [0.5, 0.6) is 0 Å². The van der Waals surface area contributed by atoms with Gasteiger partial charge in [0.2, 0.25) is 10.0 Å². The van der Waals surface area contributed by atoms with Crippen LogP contribution in [0.2, 0.25) is 0 Å². The third-order valence-electron chi connectivity index (χ3n) is 5.30. The average Bonchev–Trinajstić information content (AvgIpc) is 3.36. The maximum atomic E-state index is 11.8. The van der Waals surface area contributed by atoms with Crippen molar-refractivity contribution in [3.63, 3.8) is 0 Å². The van der Waals surface area contributed by atoms with Crippen molar-refractivity contribution in [3.05, 3.63) is 48.5 Å². The first-order chi connectivity index (χ1) is 15.9. The molecule has 174 valence electrons. The van der Waals surface area contributed by atoms with E-state index in [1.165, 1.54) is 6.07 Å². The minimum Gasteiger partial charge on any atom is -0.327 e. The van der Waals surface area contributed by atoms with Crippen LogP contribution in [0.3, 0.4) is 0 Å². The van der Waals surface area contributed by atoms with Gasteiger partial charge in [-0.15, -0.1) is 10.2 Å². The fourth-order valence-corrected chi connectivity index (χ4v) is 5.12. The molecule has 2 N–H and O–H groups in total. The maximum Gasteiger partial charge on any atom is 0.238 e. The third kappa shape index (κ3) is 5.10. The fraction of sp³-hybridized carbons (Fsp3) is 0.364. The molecular formula is C22H27N7O2S2. The Morgan fingerprint density at radius 3 is 2.48 bits per heavy atom. The molecule has 0 atom stereocenters. The van der Waals surface area contributed by atoms with E-state index >= 15 is 0 Å². The van der Waals surface area contributed by atoms with Crippen LogP contribution in [-0.4, -0.2) is 37.7 Å². The predicted molar refractivity (Wildman–Crippen MR) is 129 cm³/mol. The minimum absolute atomic E-state index is 0.0685. The van der Waals surface area contributed by atoms with Crippen LogP contribution in [0.4, 0.5) is 0 Å². The number of imidazole rings is 1. The zero-order valence-electron chi connectivity index (χ0n) is 18.7. The Balaban J connectivity index is 1.67. The molecule has 11 heteroatoms. The lowest BCUT2D eigenvalue weighted by Crippen LogP contribution is -2.11. The van der Waals surface area contributed by atoms with Gasteiger partial charge >= 0.3 is 0 Å². The van der Waals surface area contributed by atoms with Crippen LogP contribution < -0.4 is 5.14 Å². The lowest BCUT2D eigenvalue weighted by atomic mass is 10.2. The van der Waals surface area contributed by atoms with E-state index in [1.807, 2.05) is 12.1 Å². The van der Waals surface area contributed by atoms with Crippen LogP contribution in [-0.2, 0) is 28.9 Å². The van der Waals surface area contributed by atoms with Crippen molar-refractivity contribution >= 4 is 32.8 Å². The van der Waals surface area contributed by atoms with Crippen molar-refractivity contribution in [3.8, 4) is 11.4 Å². The van der Waals surface area contributed by atoms with E-state index < -0.39 is 10.0 Å². The maximum absolute atomic E-state index is 11.8. The van der Waals surface area contributed by atoms with Gasteiger partial charge in [-0.05, 0) is 43.2 Å². The molecule has 0 bridgehead atoms. The Bertz CT molecular complexity index is 1350. The number of pyridine rings is 1. The molecule has 0 saturated carbocycles. The van der Waals surface area contributed by atoms with Crippen LogP contribution in [0.15, 0.2) is 52.8 Å². The lowest BCUT2D eigenvalue weighted by Gasteiger charge is -2.10. The number of nitrogens with zero attached hydrogens (tertiary/aromatic N) is 6. The summed E-state index contributed by atoms with van der Waals surface area (Å²) in [5.41, 5.74) is 2.50. The van der Waals surface area contributed by atoms with E-state index in [-0.39, 0.29) is 4.90 Å². The molecule has 3 aromatic heterocycles. The standard InChI is InChI=1S/C22H27N7O2S2/c1-3-5-13-28-19-7-6-17(33(23,30)31)14-18(19)25-20(28)15-32-22-27-26-21(29(22)12-4-2)16-8-10-24-11-9-16/h6-11,14H,3-5,12-13,15H2,1-2H3,(H2,23,30,31). The first-order valence-corrected chi connectivity index (χ1v) is 13.4. The summed E-state index contributed by atoms with van der Waals surface area (Å²) in [7, 11) is -3.79. The summed E-state index contributed by atoms with van der Waals surface area (Å²) < 4.78 is 27.9. The van der Waals surface area contributed by atoms with Gasteiger partial charge in [0.15, 0.2) is 11.0 Å². The van der Waals surface area contributed by atoms with E-state index in [4.69, 9.17) is 10.1 Å². The second-order valence-electron chi connectivity index (χ2n) is 7.71. The molecule has 0 aliphatic rings. The molecule has 0 unspecified atom stereocenters. The molecule has 0 fully saturated rings. The molecule has 0 aliphatic heterocycles. The number of benzene rings is 1. The Labute approximate surface area is 197 Å². The fourth-order valence-electron chi connectivity index (χ4n) is 3.68. The largest absolute Gasteiger partial charge is 0.327 e. The lowest BCUT2D eigenvalue weighted by molar-refractivity contribution is 0.598. The second-order valence-corrected chi connectivity index (χ2v) is 10.2. The summed E-state index contributed by atoms with van der Waals surface area (Å²) >= 11 is 1.58. The topological polar surface area (TPSA) is 122 Å². The number of thioether (sulfide) groups is 1. The number of fused-ring (bicyclic) bond motifs is 1. The van der Waals surface area contributed by atoms with Crippen molar-refractivity contribution in [2.75, 3.05) is 0 Å². The summed E-state index contributed by atoms with van der Waals surface area (Å²) in [5.74, 6) is 2.27. The number of sulfonamides is 1. The molecule has 9 nitrogen and oxygen atoms in total. The number of rotatable bonds is 10. The smallest absolute Gasteiger partial charge is 0.238 e. The SMILES string of the molecule is CCCCn1c(CSc2nnc(-c3ccncc3)n2CCC)nc2cc(S(N)(=O)=O)ccc21. The van der Waals surface area contributed by atoms with Crippen molar-refractivity contribution in [1.82, 2.24) is 29.3 Å². The van der Waals surface area contributed by atoms with Crippen molar-refractivity contribution in [2.45, 2.75) is 62.0 Å². The van der Waals surface area contributed by atoms with Crippen molar-refractivity contribution < 1.29 is 8.42 Å². The van der Waals surface area contributed by atoms with Crippen LogP contribution in [0, 0.1) is 0 Å². The molecular weight excluding hydrogens is 458 g/mol. The number of hydrogen-bond donors (Lipinski definition) is 1. The Kier molecular flexibility index (Phi) is 7.11. The molecule has 4 rings (SSSR count). The Hall–Kier alpha value is -2.76. The molecule has 4 aromatic rings. The van der Waals surface area contributed by atoms with Gasteiger partial charge in [0, 0.05) is 31.0 Å². The molecule has 0 amide bonds. The van der Waals surface area contributed by atoms with Gasteiger partial charge in [0.05, 0.1) is 21.7 Å². The van der Waals surface area contributed by atoms with Gasteiger partial charge in [0.25, 0.3) is 0 Å². The number of unbranched alkanes of at least 4 members (excludes halogenated alkanes) is 1. The van der Waals surface area contributed by atoms with Crippen LogP contribution in [0.25, 0.3) is 22.4 Å². The first kappa shape index (κ1) is 23.4. The summed E-state index contributed by atoms with van der Waals surface area (Å²) in [6.07, 6.45) is 6.49. The summed E-state index contributed by atoms with van der Waals surface area (Å²) in [6, 6.07) is 8.72. The number of hydrogen-bond acceptors (Lipinski definition) is 7. The molecule has 3 heterocycles. The van der Waals surface area contributed by atoms with E-state index in [2.05, 4.69) is 38.2 Å². The predicted octanol–water partition coefficient (Wildman–Crippen LogP) is 3.84. The van der Waals surface area contributed by atoms with Crippen LogP contribution in [0.1, 0.15) is 38.9 Å². The summed E-state index contributed by atoms with van der Waals surface area (Å²) in [5, 5.41) is 15.0. The Morgan fingerprint density at radius 2 is 1.79 bits per heavy atom. The van der Waals surface area contributed by atoms with Crippen LogP contribution >= 0.6 is 11.8 Å². The minimum atomic E-state index is -3.79. The molecule has 0 spiro atoms. The highest BCUT2D eigenvalue weighted by molar-refractivity contribution is 7.98. The van der Waals surface area contributed by atoms with Gasteiger partial charge in [0.1, 0.15) is 5.82 Å². The van der Waals surface area contributed by atoms with Gasteiger partial charge in [-0.2, -0.15) is 0 Å². The molecule has 0 saturated heterocycles. The monoisotopic (exact) mass is 485 g/mol. The van der Waals surface area contributed by atoms with Gasteiger partial charge in [-0.1, -0.05) is 32.0 Å². The molecule has 0 radical (unpaired) electrons. The summed E-state index contributed by atoms with van der Waals surface area (Å²) in [6.45, 7) is 5.87. The highest BCUT2D eigenvalue weighted by atomic mass is 32.2. The Morgan fingerprint density at radius 1 is 1.00 bits per heavy atom. The van der Waals surface area contributed by atoms with E-state index in [9.17, 15) is 8.42 Å². The number of aryl methyl sites for hydroxylation is 1. The van der Waals surface area contributed by atoms with E-state index in [0.717, 1.165) is 60.2 Å². The normalized spacial score (nSPS) is 12.0. The summed E-state index contributed by atoms with van der Waals surface area (Å²) in [4.78, 5) is 8.91. The second kappa shape index (κ2) is 10.0. The van der Waals surface area contributed by atoms with Crippen molar-refractivity contribution in [2.24, 2.45) is 5.14 Å². The number of aromatic nitrogens is 6. The van der Waals surface area contributed by atoms with Gasteiger partial charge in [-0.25, -0.2) is 18.5 Å². The van der Waals surface area contributed by atoms with E-state index in [1.54, 1.807) is 36.3 Å². The molecule has 0 aliphatic carbocycles. The number of primary sulfonamides is 1. The highest BCUT2D eigenvalue weighted by Gasteiger charge is 2.18.